The van der Waals surface area contributed by atoms with Crippen molar-refractivity contribution in [3.63, 3.8) is 0 Å². The van der Waals surface area contributed by atoms with Crippen molar-refractivity contribution in [3.8, 4) is 0 Å². The van der Waals surface area contributed by atoms with Gasteiger partial charge in [0, 0.05) is 31.6 Å². The summed E-state index contributed by atoms with van der Waals surface area (Å²) in [5.74, 6) is 1.70. The number of amides is 1. The van der Waals surface area contributed by atoms with Crippen LogP contribution in [0.2, 0.25) is 0 Å². The van der Waals surface area contributed by atoms with Crippen molar-refractivity contribution in [1.82, 2.24) is 14.7 Å². The molecule has 1 saturated heterocycles. The van der Waals surface area contributed by atoms with Crippen molar-refractivity contribution in [3.05, 3.63) is 11.8 Å². The molecule has 1 saturated carbocycles. The molecule has 4 rings (SSSR count). The summed E-state index contributed by atoms with van der Waals surface area (Å²) < 4.78 is 28.8. The number of alkyl halides is 2. The molecule has 0 spiro atoms. The van der Waals surface area contributed by atoms with Crippen molar-refractivity contribution in [2.75, 3.05) is 18.4 Å². The molecule has 2 fully saturated rings. The van der Waals surface area contributed by atoms with E-state index < -0.39 is 12.5 Å². The van der Waals surface area contributed by atoms with Gasteiger partial charge in [0.15, 0.2) is 0 Å². The van der Waals surface area contributed by atoms with Gasteiger partial charge in [-0.1, -0.05) is 19.3 Å². The lowest BCUT2D eigenvalue weighted by molar-refractivity contribution is -0.134. The number of carbonyl (C=O) groups excluding carboxylic acids is 1. The second-order valence-electron chi connectivity index (χ2n) is 8.95. The summed E-state index contributed by atoms with van der Waals surface area (Å²) in [4.78, 5) is 14.8. The Morgan fingerprint density at radius 2 is 2.04 bits per heavy atom. The minimum absolute atomic E-state index is 0.0344. The van der Waals surface area contributed by atoms with Gasteiger partial charge in [0.05, 0.1) is 5.69 Å². The van der Waals surface area contributed by atoms with Gasteiger partial charge in [-0.3, -0.25) is 4.79 Å². The van der Waals surface area contributed by atoms with Crippen LogP contribution in [0, 0.1) is 18.8 Å². The van der Waals surface area contributed by atoms with Crippen molar-refractivity contribution < 1.29 is 13.6 Å². The molecule has 1 N–H and O–H groups in total. The number of piperidine rings is 1. The Bertz CT molecular complexity index is 686. The molecule has 7 heteroatoms. The number of likely N-dealkylation sites (tertiary alicyclic amines) is 1. The summed E-state index contributed by atoms with van der Waals surface area (Å²) in [5.41, 5.74) is 0.752. The minimum atomic E-state index is -2.43. The molecule has 1 aromatic rings. The molecule has 28 heavy (non-hydrogen) atoms. The van der Waals surface area contributed by atoms with Crippen molar-refractivity contribution in [2.24, 2.45) is 11.8 Å². The van der Waals surface area contributed by atoms with Gasteiger partial charge in [0.1, 0.15) is 11.9 Å². The van der Waals surface area contributed by atoms with Gasteiger partial charge >= 0.3 is 0 Å². The van der Waals surface area contributed by atoms with E-state index in [4.69, 9.17) is 0 Å². The number of carbonyl (C=O) groups is 1. The van der Waals surface area contributed by atoms with Gasteiger partial charge < -0.3 is 10.2 Å². The van der Waals surface area contributed by atoms with E-state index in [0.717, 1.165) is 25.1 Å². The zero-order valence-corrected chi connectivity index (χ0v) is 16.7. The van der Waals surface area contributed by atoms with Crippen LogP contribution >= 0.6 is 0 Å². The molecule has 0 aromatic carbocycles. The van der Waals surface area contributed by atoms with E-state index in [0.29, 0.717) is 31.1 Å². The fourth-order valence-corrected chi connectivity index (χ4v) is 5.34. The molecule has 3 atom stereocenters. The van der Waals surface area contributed by atoms with Crippen LogP contribution < -0.4 is 5.32 Å². The number of hydrogen-bond acceptors (Lipinski definition) is 3. The third-order valence-corrected chi connectivity index (χ3v) is 6.86. The number of aromatic nitrogens is 2. The lowest BCUT2D eigenvalue weighted by Crippen LogP contribution is -2.48. The van der Waals surface area contributed by atoms with Crippen LogP contribution in [0.15, 0.2) is 6.07 Å². The molecule has 1 amide bonds. The van der Waals surface area contributed by atoms with E-state index in [1.54, 1.807) is 0 Å². The zero-order chi connectivity index (χ0) is 19.7. The quantitative estimate of drug-likeness (QED) is 0.824. The van der Waals surface area contributed by atoms with Crippen molar-refractivity contribution in [2.45, 2.75) is 83.2 Å². The number of rotatable bonds is 4. The average Bonchev–Trinajstić information content (AvgIpc) is 3.08. The van der Waals surface area contributed by atoms with Gasteiger partial charge in [-0.25, -0.2) is 13.5 Å². The molecular formula is C21H32F2N4O. The fraction of sp³-hybridized carbons (Fsp3) is 0.810. The molecular weight excluding hydrogens is 362 g/mol. The highest BCUT2D eigenvalue weighted by Crippen LogP contribution is 2.37. The van der Waals surface area contributed by atoms with Crippen molar-refractivity contribution >= 4 is 11.7 Å². The summed E-state index contributed by atoms with van der Waals surface area (Å²) in [5, 5.41) is 7.69. The first-order chi connectivity index (χ1) is 13.5. The number of halogens is 2. The molecule has 3 aliphatic rings. The topological polar surface area (TPSA) is 50.2 Å². The average molecular weight is 395 g/mol. The highest BCUT2D eigenvalue weighted by molar-refractivity contribution is 5.76. The van der Waals surface area contributed by atoms with Crippen LogP contribution in [0.4, 0.5) is 14.6 Å². The van der Waals surface area contributed by atoms with Crippen LogP contribution in [0.5, 0.6) is 0 Å². The number of aryl methyl sites for hydroxylation is 1. The summed E-state index contributed by atoms with van der Waals surface area (Å²) >= 11 is 0. The summed E-state index contributed by atoms with van der Waals surface area (Å²) in [6.07, 6.45) is 6.66. The highest BCUT2D eigenvalue weighted by Gasteiger charge is 2.38. The van der Waals surface area contributed by atoms with Crippen LogP contribution in [0.1, 0.15) is 69.5 Å². The van der Waals surface area contributed by atoms with E-state index in [9.17, 15) is 13.6 Å². The predicted octanol–water partition coefficient (Wildman–Crippen LogP) is 4.39. The number of nitrogens with zero attached hydrogens (tertiary/aromatic N) is 3. The Balaban J connectivity index is 1.40. The number of nitrogens with one attached hydrogen (secondary N) is 1. The molecule has 3 heterocycles. The van der Waals surface area contributed by atoms with Crippen LogP contribution in [0.3, 0.4) is 0 Å². The molecule has 2 aliphatic heterocycles. The number of hydrogen-bond donors (Lipinski definition) is 1. The molecule has 5 nitrogen and oxygen atoms in total. The molecule has 1 aromatic heterocycles. The third-order valence-electron chi connectivity index (χ3n) is 6.86. The summed E-state index contributed by atoms with van der Waals surface area (Å²) in [6.45, 7) is 3.33. The molecule has 0 radical (unpaired) electrons. The Kier molecular flexibility index (Phi) is 5.88. The van der Waals surface area contributed by atoms with E-state index in [2.05, 4.69) is 10.4 Å². The van der Waals surface area contributed by atoms with Gasteiger partial charge in [0.25, 0.3) is 6.43 Å². The SMILES string of the molecule is Cc1cc2n(n1)[C@@H](C(F)F)C[C@@H](C1CCCN(C(=O)CC3CCCCC3)C1)N2. The van der Waals surface area contributed by atoms with Gasteiger partial charge in [0.2, 0.25) is 5.91 Å². The van der Waals surface area contributed by atoms with Crippen LogP contribution in [0.25, 0.3) is 0 Å². The lowest BCUT2D eigenvalue weighted by atomic mass is 9.84. The maximum atomic E-state index is 13.7. The summed E-state index contributed by atoms with van der Waals surface area (Å²) in [6, 6.07) is 0.923. The monoisotopic (exact) mass is 394 g/mol. The molecule has 156 valence electrons. The molecule has 0 bridgehead atoms. The second kappa shape index (κ2) is 8.37. The normalized spacial score (nSPS) is 28.9. The van der Waals surface area contributed by atoms with Gasteiger partial charge in [-0.05, 0) is 50.9 Å². The smallest absolute Gasteiger partial charge is 0.260 e. The predicted molar refractivity (Wildman–Crippen MR) is 105 cm³/mol. The first-order valence-corrected chi connectivity index (χ1v) is 10.9. The molecule has 1 unspecified atom stereocenters. The third kappa shape index (κ3) is 4.18. The maximum absolute atomic E-state index is 13.7. The Morgan fingerprint density at radius 3 is 2.79 bits per heavy atom. The second-order valence-corrected chi connectivity index (χ2v) is 8.95. The minimum Gasteiger partial charge on any atom is -0.367 e. The van der Waals surface area contributed by atoms with E-state index in [1.807, 2.05) is 17.9 Å². The van der Waals surface area contributed by atoms with Crippen LogP contribution in [-0.4, -0.2) is 46.1 Å². The largest absolute Gasteiger partial charge is 0.367 e. The number of anilines is 1. The number of fused-ring (bicyclic) bond motifs is 1. The fourth-order valence-electron chi connectivity index (χ4n) is 5.34. The first-order valence-electron chi connectivity index (χ1n) is 10.9. The first kappa shape index (κ1) is 19.6. The van der Waals surface area contributed by atoms with E-state index >= 15 is 0 Å². The molecule has 1 aliphatic carbocycles. The van der Waals surface area contributed by atoms with Gasteiger partial charge in [-0.15, -0.1) is 0 Å². The van der Waals surface area contributed by atoms with Crippen molar-refractivity contribution in [1.29, 1.82) is 0 Å². The van der Waals surface area contributed by atoms with Gasteiger partial charge in [-0.2, -0.15) is 5.10 Å². The zero-order valence-electron chi connectivity index (χ0n) is 16.7. The Labute approximate surface area is 165 Å². The Morgan fingerprint density at radius 1 is 1.25 bits per heavy atom. The van der Waals surface area contributed by atoms with Crippen LogP contribution in [-0.2, 0) is 4.79 Å². The van der Waals surface area contributed by atoms with E-state index in [1.165, 1.54) is 36.8 Å². The lowest BCUT2D eigenvalue weighted by Gasteiger charge is -2.41. The summed E-state index contributed by atoms with van der Waals surface area (Å²) in [7, 11) is 0. The Hall–Kier alpha value is -1.66. The standard InChI is InChI=1S/C21H32F2N4O/c1-14-10-19-24-17(12-18(21(22)23)27(19)25-14)16-8-5-9-26(13-16)20(28)11-15-6-3-2-4-7-15/h10,15-18,21,24H,2-9,11-13H2,1H3/t16?,17-,18+/m0/s1. The highest BCUT2D eigenvalue weighted by atomic mass is 19.3. The maximum Gasteiger partial charge on any atom is 0.260 e. The van der Waals surface area contributed by atoms with E-state index in [-0.39, 0.29) is 17.9 Å².